The second-order valence-electron chi connectivity index (χ2n) is 34.7. The summed E-state index contributed by atoms with van der Waals surface area (Å²) in [6, 6.07) is 107. The van der Waals surface area contributed by atoms with Gasteiger partial charge in [-0.05, 0) is 227 Å². The number of rotatable bonds is 14. The molecular weight excluding hydrogens is 1740 g/mol. The van der Waals surface area contributed by atoms with Crippen LogP contribution in [0.1, 0.15) is 151 Å². The van der Waals surface area contributed by atoms with Gasteiger partial charge in [0.05, 0.1) is 51.5 Å². The van der Waals surface area contributed by atoms with E-state index in [0.29, 0.717) is 25.6 Å². The molecule has 5 aromatic heterocycles. The average molecular weight is 1850 g/mol. The first-order chi connectivity index (χ1) is 65.2. The maximum Gasteiger partial charge on any atom is 0.322 e. The van der Waals surface area contributed by atoms with Gasteiger partial charge in [-0.3, -0.25) is 0 Å². The number of urea groups is 2. The molecule has 18 nitrogen and oxygen atoms in total. The summed E-state index contributed by atoms with van der Waals surface area (Å²) in [4.78, 5) is 48.7. The Labute approximate surface area is 788 Å². The van der Waals surface area contributed by atoms with Crippen molar-refractivity contribution in [2.45, 2.75) is 95.6 Å². The molecule has 23 rings (SSSR count). The fraction of sp³-hybridized carbons (Fsp3) is 0.204. The molecule has 0 aliphatic carbocycles. The minimum atomic E-state index is -0.206. The molecule has 670 valence electrons. The number of nitrogens with one attached hydrogen (secondary N) is 10. The molecule has 0 saturated carbocycles. The number of carbonyl (C=O) groups is 2. The Morgan fingerprint density at radius 2 is 0.850 bits per heavy atom. The van der Waals surface area contributed by atoms with Crippen LogP contribution in [0.3, 0.4) is 0 Å². The standard InChI is InChI=1S/C28H29N3O2.C25H23N3O2.C24H22N2O.C18H17BrN2.C18H17ClN2O/c1-18(2)19-8-12-21(13-9-19)29-28(32)31-17-16-24-23-6-4-5-7-25(23)30-26(24)27(31)20-10-14-22(33-3)15-11-20;1-30-19-13-11-17(12-14-19)24-23-21(20-9-5-6-10-22(20)27-23)15-16-28(24)25(29)26-18-7-3-2-4-8-18;1-3-7-17(8-4-1)16-27-19-11-12-22-21(15-19)20-13-14-25-23(24(20)26-22)18-9-5-2-6-10-18;1-11-4-2-7-14-15-8-9-20-17(18(15)21-16(11)14)12-5-3-6-13(19)10-12;1-22-16-5-3-2-4-13(16)17-18-12(8-9-20-17)14-10-11(19)6-7-15(14)21-18/h4-15,18,27,30H,16-17H2,1-3H3,(H,29,32);2-14,24,27H,15-16H2,1H3,(H,26,29);1-12,15,23,25-26H,13-14,16H2;2-7,10,17,20-21H,8-9H2,1H3;2-7,10,17,20-21H,8-9H2,1H3. The normalized spacial score (nSPS) is 16.4. The number of halogens is 2. The van der Waals surface area contributed by atoms with Crippen molar-refractivity contribution in [3.8, 4) is 23.0 Å². The van der Waals surface area contributed by atoms with Gasteiger partial charge in [-0.15, -0.1) is 0 Å². The zero-order valence-electron chi connectivity index (χ0n) is 75.4. The van der Waals surface area contributed by atoms with E-state index in [4.69, 9.17) is 30.5 Å². The van der Waals surface area contributed by atoms with Gasteiger partial charge in [0.15, 0.2) is 0 Å². The Bertz CT molecular complexity index is 7140. The number of anilines is 2. The predicted octanol–water partition coefficient (Wildman–Crippen LogP) is 25.4. The molecule has 0 fully saturated rings. The number of hydrogen-bond acceptors (Lipinski definition) is 9. The molecule has 5 atom stereocenters. The predicted molar refractivity (Wildman–Crippen MR) is 542 cm³/mol. The van der Waals surface area contributed by atoms with E-state index in [9.17, 15) is 9.59 Å². The lowest BCUT2D eigenvalue weighted by atomic mass is 9.92. The third-order valence-electron chi connectivity index (χ3n) is 26.4. The third kappa shape index (κ3) is 18.9. The number of H-pyrrole nitrogens is 5. The summed E-state index contributed by atoms with van der Waals surface area (Å²) >= 11 is 9.75. The van der Waals surface area contributed by atoms with Gasteiger partial charge in [0, 0.05) is 142 Å². The molecule has 0 spiro atoms. The maximum atomic E-state index is 13.5. The molecule has 20 heteroatoms. The van der Waals surface area contributed by atoms with E-state index < -0.39 is 0 Å². The lowest BCUT2D eigenvalue weighted by Gasteiger charge is -2.36. The molecule has 5 aliphatic rings. The monoisotopic (exact) mass is 1840 g/mol. The Morgan fingerprint density at radius 1 is 0.398 bits per heavy atom. The van der Waals surface area contributed by atoms with Crippen LogP contribution in [-0.2, 0) is 38.7 Å². The molecule has 5 aliphatic heterocycles. The molecule has 13 aromatic carbocycles. The number of carbonyl (C=O) groups excluding carboxylic acids is 2. The summed E-state index contributed by atoms with van der Waals surface area (Å²) in [7, 11) is 5.04. The number of amides is 4. The number of para-hydroxylation sites is 5. The van der Waals surface area contributed by atoms with E-state index in [1.165, 1.54) is 111 Å². The summed E-state index contributed by atoms with van der Waals surface area (Å²) in [6.45, 7) is 11.3. The molecule has 0 saturated heterocycles. The van der Waals surface area contributed by atoms with Gasteiger partial charge in [0.2, 0.25) is 0 Å². The summed E-state index contributed by atoms with van der Waals surface area (Å²) < 4.78 is 23.4. The lowest BCUT2D eigenvalue weighted by Crippen LogP contribution is -2.43. The zero-order valence-corrected chi connectivity index (χ0v) is 77.7. The first-order valence-electron chi connectivity index (χ1n) is 45.8. The van der Waals surface area contributed by atoms with E-state index in [0.717, 1.165) is 140 Å². The highest BCUT2D eigenvalue weighted by Gasteiger charge is 2.38. The van der Waals surface area contributed by atoms with Gasteiger partial charge in [-0.2, -0.15) is 0 Å². The number of aryl methyl sites for hydroxylation is 1. The van der Waals surface area contributed by atoms with E-state index in [-0.39, 0.29) is 42.3 Å². The van der Waals surface area contributed by atoms with Crippen molar-refractivity contribution in [2.75, 3.05) is 64.7 Å². The van der Waals surface area contributed by atoms with Crippen LogP contribution in [0.2, 0.25) is 5.02 Å². The Balaban J connectivity index is 0.000000108. The smallest absolute Gasteiger partial charge is 0.322 e. The SMILES string of the molecule is COc1ccc(C2c3[nH]c4ccccc4c3CCN2C(=O)Nc2ccc(C(C)C)cc2)cc1.COc1ccc(C2c3[nH]c4ccccc4c3CCN2C(=O)Nc2ccccc2)cc1.COc1ccccc1C1NCCc2c1[nH]c1ccc(Cl)cc21.Cc1cccc2c3c([nH]c12)C(c1cccc(Br)c1)NCC3.c1ccc(COc2ccc3[nH]c4c(c3c2)CCNC4c2ccccc2)cc1. The molecule has 18 aromatic rings. The number of methoxy groups -OCH3 is 3. The van der Waals surface area contributed by atoms with E-state index in [1.54, 1.807) is 21.3 Å². The van der Waals surface area contributed by atoms with Crippen LogP contribution in [0.25, 0.3) is 54.5 Å². The highest BCUT2D eigenvalue weighted by molar-refractivity contribution is 9.10. The summed E-state index contributed by atoms with van der Waals surface area (Å²) in [5, 5.41) is 24.2. The second-order valence-corrected chi connectivity index (χ2v) is 36.1. The molecule has 133 heavy (non-hydrogen) atoms. The van der Waals surface area contributed by atoms with Crippen LogP contribution in [0, 0.1) is 6.92 Å². The average Bonchev–Trinajstić information content (AvgIpc) is 1.67. The van der Waals surface area contributed by atoms with Crippen molar-refractivity contribution in [3.05, 3.63) is 426 Å². The minimum Gasteiger partial charge on any atom is -0.497 e. The van der Waals surface area contributed by atoms with Gasteiger partial charge in [-0.1, -0.05) is 242 Å². The number of fused-ring (bicyclic) bond motifs is 15. The van der Waals surface area contributed by atoms with E-state index >= 15 is 0 Å². The molecule has 4 amide bonds. The third-order valence-corrected chi connectivity index (χ3v) is 27.1. The fourth-order valence-electron chi connectivity index (χ4n) is 19.8. The second kappa shape index (κ2) is 40.0. The Hall–Kier alpha value is -14.1. The number of nitrogens with zero attached hydrogens (tertiary/aromatic N) is 2. The quantitative estimate of drug-likeness (QED) is 0.0500. The number of hydrogen-bond donors (Lipinski definition) is 10. The number of ether oxygens (including phenoxy) is 4. The lowest BCUT2D eigenvalue weighted by molar-refractivity contribution is 0.192. The molecular formula is C113H108BrClN12O6. The molecule has 10 N–H and O–H groups in total. The highest BCUT2D eigenvalue weighted by Crippen LogP contribution is 2.45. The van der Waals surface area contributed by atoms with E-state index in [1.807, 2.05) is 155 Å². The fourth-order valence-corrected chi connectivity index (χ4v) is 20.3. The molecule has 0 radical (unpaired) electrons. The van der Waals surface area contributed by atoms with Gasteiger partial charge >= 0.3 is 12.1 Å². The van der Waals surface area contributed by atoms with Gasteiger partial charge in [0.1, 0.15) is 29.6 Å². The summed E-state index contributed by atoms with van der Waals surface area (Å²) in [5.74, 6) is 3.88. The first kappa shape index (κ1) is 88.2. The number of aromatic nitrogens is 5. The Morgan fingerprint density at radius 3 is 1.43 bits per heavy atom. The van der Waals surface area contributed by atoms with Crippen molar-refractivity contribution in [1.82, 2.24) is 50.7 Å². The van der Waals surface area contributed by atoms with Crippen LogP contribution >= 0.6 is 27.5 Å². The maximum absolute atomic E-state index is 13.5. The number of aromatic amines is 5. The van der Waals surface area contributed by atoms with Crippen LogP contribution in [0.5, 0.6) is 23.0 Å². The van der Waals surface area contributed by atoms with E-state index in [2.05, 4.69) is 258 Å². The van der Waals surface area contributed by atoms with Crippen molar-refractivity contribution in [1.29, 1.82) is 0 Å². The molecule has 10 heterocycles. The van der Waals surface area contributed by atoms with Crippen molar-refractivity contribution < 1.29 is 28.5 Å². The van der Waals surface area contributed by atoms with Crippen LogP contribution in [-0.4, -0.2) is 101 Å². The van der Waals surface area contributed by atoms with Gasteiger partial charge in [0.25, 0.3) is 0 Å². The van der Waals surface area contributed by atoms with Crippen molar-refractivity contribution >= 4 is 105 Å². The van der Waals surface area contributed by atoms with Crippen LogP contribution in [0.4, 0.5) is 21.0 Å². The summed E-state index contributed by atoms with van der Waals surface area (Å²) in [5.41, 5.74) is 29.8. The van der Waals surface area contributed by atoms with Gasteiger partial charge in [-0.25, -0.2) is 9.59 Å². The molecule has 0 bridgehead atoms. The van der Waals surface area contributed by atoms with Crippen molar-refractivity contribution in [2.24, 2.45) is 0 Å². The van der Waals surface area contributed by atoms with Crippen LogP contribution in [0.15, 0.2) is 320 Å². The van der Waals surface area contributed by atoms with Gasteiger partial charge < -0.3 is 80.3 Å². The largest absolute Gasteiger partial charge is 0.497 e. The zero-order chi connectivity index (χ0) is 91.0. The molecule has 5 unspecified atom stereocenters. The van der Waals surface area contributed by atoms with Crippen LogP contribution < -0.4 is 45.5 Å². The minimum absolute atomic E-state index is 0.0996. The highest BCUT2D eigenvalue weighted by atomic mass is 79.9. The number of benzene rings is 13. The first-order valence-corrected chi connectivity index (χ1v) is 47.0. The summed E-state index contributed by atoms with van der Waals surface area (Å²) in [6.07, 6.45) is 4.74. The van der Waals surface area contributed by atoms with Crippen molar-refractivity contribution in [3.63, 3.8) is 0 Å². The Kier molecular flexibility index (Phi) is 26.5. The topological polar surface area (TPSA) is 217 Å².